The highest BCUT2D eigenvalue weighted by molar-refractivity contribution is 5.72. The molecule has 12 heavy (non-hydrogen) atoms. The van der Waals surface area contributed by atoms with E-state index in [0.29, 0.717) is 0 Å². The average molecular weight is 169 g/mol. The fourth-order valence-corrected chi connectivity index (χ4v) is 0.798. The minimum atomic E-state index is -0.887. The Labute approximate surface area is 70.5 Å². The van der Waals surface area contributed by atoms with Crippen LogP contribution in [-0.4, -0.2) is 23.3 Å². The van der Waals surface area contributed by atoms with E-state index in [1.54, 1.807) is 25.2 Å². The van der Waals surface area contributed by atoms with Crippen LogP contribution in [0.5, 0.6) is 0 Å². The second-order valence-corrected chi connectivity index (χ2v) is 2.50. The molecule has 0 radical (unpaired) electrons. The lowest BCUT2D eigenvalue weighted by molar-refractivity contribution is -0.139. The average Bonchev–Trinajstić information content (AvgIpc) is 2.06. The van der Waals surface area contributed by atoms with Gasteiger partial charge in [0.2, 0.25) is 0 Å². The third-order valence-corrected chi connectivity index (χ3v) is 1.49. The van der Waals surface area contributed by atoms with E-state index in [1.165, 1.54) is 6.26 Å². The van der Waals surface area contributed by atoms with Gasteiger partial charge in [0.25, 0.3) is 0 Å². The summed E-state index contributed by atoms with van der Waals surface area (Å²) in [5.41, 5.74) is 0. The number of carboxylic acids is 1. The fraction of sp³-hybridized carbons (Fsp3) is 0.375. The van der Waals surface area contributed by atoms with E-state index in [0.717, 1.165) is 0 Å². The van der Waals surface area contributed by atoms with Gasteiger partial charge in [0.05, 0.1) is 6.26 Å². The monoisotopic (exact) mass is 169 g/mol. The molecule has 1 aliphatic rings. The van der Waals surface area contributed by atoms with Crippen LogP contribution in [0.3, 0.4) is 0 Å². The molecule has 0 saturated heterocycles. The lowest BCUT2D eigenvalue weighted by Gasteiger charge is -2.18. The summed E-state index contributed by atoms with van der Waals surface area (Å²) in [6.45, 7) is 1.57. The van der Waals surface area contributed by atoms with E-state index in [9.17, 15) is 4.79 Å². The zero-order chi connectivity index (χ0) is 8.97. The SMILES string of the molecule is CC(NC1C=CC=CO1)C(=O)O. The van der Waals surface area contributed by atoms with Crippen LogP contribution < -0.4 is 5.32 Å². The Kier molecular flexibility index (Phi) is 2.88. The maximum absolute atomic E-state index is 10.4. The van der Waals surface area contributed by atoms with Gasteiger partial charge in [-0.3, -0.25) is 10.1 Å². The van der Waals surface area contributed by atoms with E-state index in [-0.39, 0.29) is 6.23 Å². The maximum atomic E-state index is 10.4. The van der Waals surface area contributed by atoms with Gasteiger partial charge in [-0.25, -0.2) is 0 Å². The van der Waals surface area contributed by atoms with Gasteiger partial charge in [0.15, 0.2) is 6.23 Å². The Hall–Kier alpha value is -1.29. The molecule has 0 aliphatic carbocycles. The molecule has 2 atom stereocenters. The molecule has 1 aliphatic heterocycles. The van der Waals surface area contributed by atoms with Crippen molar-refractivity contribution in [2.75, 3.05) is 0 Å². The van der Waals surface area contributed by atoms with Crippen molar-refractivity contribution in [2.45, 2.75) is 19.2 Å². The first kappa shape index (κ1) is 8.80. The van der Waals surface area contributed by atoms with Gasteiger partial charge in [-0.05, 0) is 19.1 Å². The highest BCUT2D eigenvalue weighted by Crippen LogP contribution is 1.99. The molecule has 1 heterocycles. The summed E-state index contributed by atoms with van der Waals surface area (Å²) in [7, 11) is 0. The second-order valence-electron chi connectivity index (χ2n) is 2.50. The minimum Gasteiger partial charge on any atom is -0.480 e. The van der Waals surface area contributed by atoms with Crippen molar-refractivity contribution in [2.24, 2.45) is 0 Å². The molecule has 0 amide bonds. The third kappa shape index (κ3) is 2.39. The number of aliphatic carboxylic acids is 1. The van der Waals surface area contributed by atoms with Gasteiger partial charge >= 0.3 is 5.97 Å². The van der Waals surface area contributed by atoms with Crippen LogP contribution in [0.1, 0.15) is 6.92 Å². The predicted molar refractivity (Wildman–Crippen MR) is 43.4 cm³/mol. The summed E-state index contributed by atoms with van der Waals surface area (Å²) < 4.78 is 5.06. The number of hydrogen-bond acceptors (Lipinski definition) is 3. The molecule has 0 aromatic heterocycles. The van der Waals surface area contributed by atoms with Crippen molar-refractivity contribution >= 4 is 5.97 Å². The van der Waals surface area contributed by atoms with E-state index >= 15 is 0 Å². The molecule has 4 nitrogen and oxygen atoms in total. The number of hydrogen-bond donors (Lipinski definition) is 2. The first-order valence-corrected chi connectivity index (χ1v) is 3.68. The number of carboxylic acid groups (broad SMARTS) is 1. The summed E-state index contributed by atoms with van der Waals surface area (Å²) in [5, 5.41) is 11.3. The van der Waals surface area contributed by atoms with Crippen LogP contribution in [0.15, 0.2) is 24.5 Å². The Bertz CT molecular complexity index is 222. The molecule has 0 aromatic rings. The summed E-state index contributed by atoms with van der Waals surface area (Å²) in [4.78, 5) is 10.4. The minimum absolute atomic E-state index is 0.332. The van der Waals surface area contributed by atoms with Gasteiger partial charge in [0.1, 0.15) is 6.04 Å². The highest BCUT2D eigenvalue weighted by atomic mass is 16.5. The summed E-state index contributed by atoms with van der Waals surface area (Å²) in [6.07, 6.45) is 6.48. The number of allylic oxidation sites excluding steroid dienone is 2. The van der Waals surface area contributed by atoms with Crippen LogP contribution in [0, 0.1) is 0 Å². The first-order chi connectivity index (χ1) is 5.70. The van der Waals surface area contributed by atoms with Crippen molar-refractivity contribution in [3.05, 3.63) is 24.5 Å². The normalized spacial score (nSPS) is 23.2. The van der Waals surface area contributed by atoms with E-state index in [1.807, 2.05) is 0 Å². The Morgan fingerprint density at radius 1 is 1.67 bits per heavy atom. The smallest absolute Gasteiger partial charge is 0.320 e. The topological polar surface area (TPSA) is 58.6 Å². The standard InChI is InChI=1S/C8H11NO3/c1-6(8(10)11)9-7-4-2-3-5-12-7/h2-7,9H,1H3,(H,10,11). The largest absolute Gasteiger partial charge is 0.480 e. The fourth-order valence-electron chi connectivity index (χ4n) is 0.798. The zero-order valence-electron chi connectivity index (χ0n) is 6.73. The van der Waals surface area contributed by atoms with Gasteiger partial charge in [-0.2, -0.15) is 0 Å². The maximum Gasteiger partial charge on any atom is 0.320 e. The van der Waals surface area contributed by atoms with Crippen molar-refractivity contribution in [1.29, 1.82) is 0 Å². The molecule has 2 N–H and O–H groups in total. The van der Waals surface area contributed by atoms with E-state index < -0.39 is 12.0 Å². The number of nitrogens with one attached hydrogen (secondary N) is 1. The van der Waals surface area contributed by atoms with Gasteiger partial charge in [-0.1, -0.05) is 6.08 Å². The van der Waals surface area contributed by atoms with Gasteiger partial charge in [-0.15, -0.1) is 0 Å². The second kappa shape index (κ2) is 3.92. The molecule has 0 bridgehead atoms. The Morgan fingerprint density at radius 2 is 2.42 bits per heavy atom. The van der Waals surface area contributed by atoms with Gasteiger partial charge < -0.3 is 9.84 Å². The molecule has 0 fully saturated rings. The van der Waals surface area contributed by atoms with Crippen molar-refractivity contribution < 1.29 is 14.6 Å². The van der Waals surface area contributed by atoms with E-state index in [4.69, 9.17) is 9.84 Å². The molecule has 66 valence electrons. The summed E-state index contributed by atoms with van der Waals surface area (Å²) in [6, 6.07) is -0.605. The molecule has 4 heteroatoms. The quantitative estimate of drug-likeness (QED) is 0.645. The lowest BCUT2D eigenvalue weighted by atomic mass is 10.3. The molecule has 0 saturated carbocycles. The van der Waals surface area contributed by atoms with E-state index in [2.05, 4.69) is 5.32 Å². The van der Waals surface area contributed by atoms with Crippen LogP contribution in [0.4, 0.5) is 0 Å². The highest BCUT2D eigenvalue weighted by Gasteiger charge is 2.15. The first-order valence-electron chi connectivity index (χ1n) is 3.68. The van der Waals surface area contributed by atoms with Crippen LogP contribution in [0.2, 0.25) is 0 Å². The molecule has 2 unspecified atom stereocenters. The van der Waals surface area contributed by atoms with Crippen LogP contribution >= 0.6 is 0 Å². The molecular weight excluding hydrogens is 158 g/mol. The predicted octanol–water partition coefficient (Wildman–Crippen LogP) is 0.475. The Balaban J connectivity index is 2.36. The van der Waals surface area contributed by atoms with Crippen LogP contribution in [0.25, 0.3) is 0 Å². The summed E-state index contributed by atoms with van der Waals surface area (Å²) >= 11 is 0. The number of ether oxygens (including phenoxy) is 1. The lowest BCUT2D eigenvalue weighted by Crippen LogP contribution is -2.41. The number of rotatable bonds is 3. The van der Waals surface area contributed by atoms with Crippen LogP contribution in [-0.2, 0) is 9.53 Å². The molecule has 1 rings (SSSR count). The molecular formula is C8H11NO3. The molecule has 0 spiro atoms. The van der Waals surface area contributed by atoms with Crippen molar-refractivity contribution in [1.82, 2.24) is 5.32 Å². The Morgan fingerprint density at radius 3 is 2.92 bits per heavy atom. The molecule has 0 aromatic carbocycles. The van der Waals surface area contributed by atoms with Crippen molar-refractivity contribution in [3.63, 3.8) is 0 Å². The summed E-state index contributed by atoms with van der Waals surface area (Å²) in [5.74, 6) is -0.887. The zero-order valence-corrected chi connectivity index (χ0v) is 6.73. The van der Waals surface area contributed by atoms with Crippen molar-refractivity contribution in [3.8, 4) is 0 Å². The number of carbonyl (C=O) groups is 1. The third-order valence-electron chi connectivity index (χ3n) is 1.49. The van der Waals surface area contributed by atoms with Gasteiger partial charge in [0, 0.05) is 0 Å².